The summed E-state index contributed by atoms with van der Waals surface area (Å²) in [5.74, 6) is 1.34. The van der Waals surface area contributed by atoms with Crippen molar-refractivity contribution in [2.75, 3.05) is 11.9 Å². The Hall–Kier alpha value is -2.50. The molecule has 0 spiro atoms. The van der Waals surface area contributed by atoms with Crippen LogP contribution in [-0.2, 0) is 10.8 Å². The van der Waals surface area contributed by atoms with Gasteiger partial charge < -0.3 is 5.32 Å². The number of hydrogen-bond acceptors (Lipinski definition) is 4. The predicted octanol–water partition coefficient (Wildman–Crippen LogP) is 3.95. The van der Waals surface area contributed by atoms with Crippen LogP contribution in [0.2, 0.25) is 0 Å². The highest BCUT2D eigenvalue weighted by Crippen LogP contribution is 2.25. The zero-order valence-corrected chi connectivity index (χ0v) is 15.3. The van der Waals surface area contributed by atoms with E-state index in [1.807, 2.05) is 18.2 Å². The Morgan fingerprint density at radius 3 is 2.48 bits per heavy atom. The van der Waals surface area contributed by atoms with Gasteiger partial charge in [-0.15, -0.1) is 15.3 Å². The van der Waals surface area contributed by atoms with Crippen LogP contribution in [0.4, 0.5) is 10.2 Å². The van der Waals surface area contributed by atoms with Gasteiger partial charge in [0, 0.05) is 17.4 Å². The standard InChI is InChI=1S/C19H24FN5/c1-18(2,3)17-23-22-16-10-9-15(24-25(16)17)21-12-19(4,5)13-7-6-8-14(20)11-13/h6-11H,12H2,1-5H3,(H,21,24). The van der Waals surface area contributed by atoms with Crippen molar-refractivity contribution in [3.63, 3.8) is 0 Å². The normalized spacial score (nSPS) is 12.6. The summed E-state index contributed by atoms with van der Waals surface area (Å²) < 4.78 is 15.3. The minimum atomic E-state index is -0.237. The molecule has 0 aliphatic heterocycles. The average molecular weight is 341 g/mol. The summed E-state index contributed by atoms with van der Waals surface area (Å²) in [6.45, 7) is 11.0. The lowest BCUT2D eigenvalue weighted by Gasteiger charge is -2.26. The minimum Gasteiger partial charge on any atom is -0.368 e. The van der Waals surface area contributed by atoms with Crippen LogP contribution in [-0.4, -0.2) is 26.4 Å². The molecular weight excluding hydrogens is 317 g/mol. The largest absolute Gasteiger partial charge is 0.368 e. The average Bonchev–Trinajstić information content (AvgIpc) is 2.96. The molecule has 1 aromatic carbocycles. The van der Waals surface area contributed by atoms with Gasteiger partial charge in [-0.05, 0) is 29.8 Å². The number of hydrogen-bond donors (Lipinski definition) is 1. The van der Waals surface area contributed by atoms with Crippen LogP contribution < -0.4 is 5.32 Å². The third-order valence-corrected chi connectivity index (χ3v) is 4.25. The zero-order valence-electron chi connectivity index (χ0n) is 15.3. The van der Waals surface area contributed by atoms with Crippen molar-refractivity contribution in [1.29, 1.82) is 0 Å². The molecule has 2 aromatic heterocycles. The first-order valence-corrected chi connectivity index (χ1v) is 8.40. The molecule has 1 N–H and O–H groups in total. The van der Waals surface area contributed by atoms with E-state index in [1.54, 1.807) is 16.6 Å². The second-order valence-electron chi connectivity index (χ2n) is 8.01. The zero-order chi connectivity index (χ0) is 18.2. The van der Waals surface area contributed by atoms with Gasteiger partial charge in [0.05, 0.1) is 0 Å². The van der Waals surface area contributed by atoms with Crippen LogP contribution in [0, 0.1) is 5.82 Å². The summed E-state index contributed by atoms with van der Waals surface area (Å²) in [7, 11) is 0. The summed E-state index contributed by atoms with van der Waals surface area (Å²) >= 11 is 0. The van der Waals surface area contributed by atoms with Crippen molar-refractivity contribution in [3.8, 4) is 0 Å². The Bertz CT molecular complexity index is 892. The van der Waals surface area contributed by atoms with E-state index in [9.17, 15) is 4.39 Å². The van der Waals surface area contributed by atoms with Crippen LogP contribution in [0.25, 0.3) is 5.65 Å². The number of nitrogens with one attached hydrogen (secondary N) is 1. The van der Waals surface area contributed by atoms with Gasteiger partial charge in [-0.2, -0.15) is 4.52 Å². The van der Waals surface area contributed by atoms with Crippen LogP contribution in [0.15, 0.2) is 36.4 Å². The molecule has 132 valence electrons. The van der Waals surface area contributed by atoms with E-state index in [1.165, 1.54) is 6.07 Å². The van der Waals surface area contributed by atoms with Crippen LogP contribution in [0.5, 0.6) is 0 Å². The lowest BCUT2D eigenvalue weighted by Crippen LogP contribution is -2.28. The molecule has 0 saturated carbocycles. The molecule has 2 heterocycles. The number of nitrogens with zero attached hydrogens (tertiary/aromatic N) is 4. The van der Waals surface area contributed by atoms with E-state index < -0.39 is 0 Å². The minimum absolute atomic E-state index is 0.147. The molecule has 0 aliphatic carbocycles. The second-order valence-corrected chi connectivity index (χ2v) is 8.01. The molecule has 5 nitrogen and oxygen atoms in total. The van der Waals surface area contributed by atoms with E-state index in [0.29, 0.717) is 6.54 Å². The van der Waals surface area contributed by atoms with Crippen molar-refractivity contribution in [2.45, 2.75) is 45.4 Å². The van der Waals surface area contributed by atoms with Crippen LogP contribution in [0.3, 0.4) is 0 Å². The number of aromatic nitrogens is 4. The van der Waals surface area contributed by atoms with Gasteiger partial charge in [0.1, 0.15) is 11.6 Å². The molecule has 25 heavy (non-hydrogen) atoms. The number of anilines is 1. The van der Waals surface area contributed by atoms with Gasteiger partial charge >= 0.3 is 0 Å². The Labute approximate surface area is 147 Å². The van der Waals surface area contributed by atoms with Gasteiger partial charge in [-0.1, -0.05) is 46.8 Å². The molecule has 0 fully saturated rings. The Morgan fingerprint density at radius 1 is 1.04 bits per heavy atom. The van der Waals surface area contributed by atoms with Crippen LogP contribution >= 0.6 is 0 Å². The summed E-state index contributed by atoms with van der Waals surface area (Å²) in [6.07, 6.45) is 0. The predicted molar refractivity (Wildman–Crippen MR) is 97.4 cm³/mol. The number of rotatable bonds is 4. The lowest BCUT2D eigenvalue weighted by molar-refractivity contribution is 0.525. The van der Waals surface area contributed by atoms with Gasteiger partial charge in [-0.3, -0.25) is 0 Å². The van der Waals surface area contributed by atoms with E-state index in [-0.39, 0.29) is 16.6 Å². The second kappa shape index (κ2) is 6.10. The van der Waals surface area contributed by atoms with Crippen molar-refractivity contribution >= 4 is 11.5 Å². The number of benzene rings is 1. The van der Waals surface area contributed by atoms with Gasteiger partial charge in [0.25, 0.3) is 0 Å². The van der Waals surface area contributed by atoms with Crippen molar-refractivity contribution < 1.29 is 4.39 Å². The molecule has 3 rings (SSSR count). The summed E-state index contributed by atoms with van der Waals surface area (Å²) in [5.41, 5.74) is 1.28. The summed E-state index contributed by atoms with van der Waals surface area (Å²) in [4.78, 5) is 0. The molecule has 0 amide bonds. The monoisotopic (exact) mass is 341 g/mol. The fourth-order valence-electron chi connectivity index (χ4n) is 2.67. The first-order valence-electron chi connectivity index (χ1n) is 8.40. The molecule has 6 heteroatoms. The van der Waals surface area contributed by atoms with Gasteiger partial charge in [-0.25, -0.2) is 4.39 Å². The number of halogens is 1. The van der Waals surface area contributed by atoms with E-state index >= 15 is 0 Å². The highest BCUT2D eigenvalue weighted by atomic mass is 19.1. The van der Waals surface area contributed by atoms with Crippen LogP contribution in [0.1, 0.15) is 46.0 Å². The summed E-state index contributed by atoms with van der Waals surface area (Å²) in [5, 5.41) is 16.4. The lowest BCUT2D eigenvalue weighted by atomic mass is 9.84. The molecule has 0 radical (unpaired) electrons. The highest BCUT2D eigenvalue weighted by Gasteiger charge is 2.23. The topological polar surface area (TPSA) is 55.1 Å². The molecule has 0 aliphatic rings. The van der Waals surface area contributed by atoms with E-state index in [0.717, 1.165) is 22.9 Å². The number of fused-ring (bicyclic) bond motifs is 1. The smallest absolute Gasteiger partial charge is 0.178 e. The maximum Gasteiger partial charge on any atom is 0.178 e. The first-order chi connectivity index (χ1) is 11.7. The molecule has 0 saturated heterocycles. The van der Waals surface area contributed by atoms with Crippen molar-refractivity contribution in [3.05, 3.63) is 53.6 Å². The Balaban J connectivity index is 1.83. The maximum absolute atomic E-state index is 13.5. The fraction of sp³-hybridized carbons (Fsp3) is 0.421. The first kappa shape index (κ1) is 17.3. The molecule has 0 atom stereocenters. The molecule has 0 bridgehead atoms. The Morgan fingerprint density at radius 2 is 1.80 bits per heavy atom. The third kappa shape index (κ3) is 3.62. The van der Waals surface area contributed by atoms with Crippen molar-refractivity contribution in [1.82, 2.24) is 19.8 Å². The SMILES string of the molecule is CC(C)(C)c1nnc2ccc(NCC(C)(C)c3cccc(F)c3)nn12. The fourth-order valence-corrected chi connectivity index (χ4v) is 2.67. The van der Waals surface area contributed by atoms with E-state index in [4.69, 9.17) is 0 Å². The molecule has 0 unspecified atom stereocenters. The van der Waals surface area contributed by atoms with E-state index in [2.05, 4.69) is 55.2 Å². The Kier molecular flexibility index (Phi) is 4.22. The van der Waals surface area contributed by atoms with Gasteiger partial charge in [0.2, 0.25) is 0 Å². The summed E-state index contributed by atoms with van der Waals surface area (Å²) in [6, 6.07) is 10.5. The van der Waals surface area contributed by atoms with Gasteiger partial charge in [0.15, 0.2) is 11.5 Å². The molecule has 3 aromatic rings. The quantitative estimate of drug-likeness (QED) is 0.781. The van der Waals surface area contributed by atoms with Crippen molar-refractivity contribution in [2.24, 2.45) is 0 Å². The highest BCUT2D eigenvalue weighted by molar-refractivity contribution is 5.45. The molecular formula is C19H24FN5. The maximum atomic E-state index is 13.5. The third-order valence-electron chi connectivity index (χ3n) is 4.25.